The molecule has 0 N–H and O–H groups in total. The molecular formula is C18H19BrN4O2S2. The molecule has 9 heteroatoms. The zero-order valence-electron chi connectivity index (χ0n) is 14.8. The summed E-state index contributed by atoms with van der Waals surface area (Å²) in [4.78, 5) is 12.2. The van der Waals surface area contributed by atoms with E-state index in [0.717, 1.165) is 44.6 Å². The van der Waals surface area contributed by atoms with Crippen molar-refractivity contribution < 1.29 is 8.42 Å². The summed E-state index contributed by atoms with van der Waals surface area (Å²) in [5.41, 5.74) is 2.23. The average molecular weight is 467 g/mol. The van der Waals surface area contributed by atoms with Gasteiger partial charge in [0.25, 0.3) is 0 Å². The average Bonchev–Trinajstić information content (AvgIpc) is 2.90. The minimum Gasteiger partial charge on any atom is -0.355 e. The van der Waals surface area contributed by atoms with E-state index in [2.05, 4.69) is 48.3 Å². The fourth-order valence-corrected chi connectivity index (χ4v) is 5.43. The first-order valence-electron chi connectivity index (χ1n) is 8.62. The molecule has 0 spiro atoms. The summed E-state index contributed by atoms with van der Waals surface area (Å²) in [6.07, 6.45) is 3.64. The topological polar surface area (TPSA) is 66.4 Å². The third kappa shape index (κ3) is 3.87. The summed E-state index contributed by atoms with van der Waals surface area (Å²) in [6, 6.07) is 8.21. The molecule has 1 aliphatic rings. The lowest BCUT2D eigenvalue weighted by Crippen LogP contribution is -2.34. The van der Waals surface area contributed by atoms with Crippen molar-refractivity contribution in [3.05, 3.63) is 40.4 Å². The van der Waals surface area contributed by atoms with E-state index in [1.165, 1.54) is 6.26 Å². The van der Waals surface area contributed by atoms with Gasteiger partial charge in [-0.2, -0.15) is 0 Å². The first-order chi connectivity index (χ1) is 12.9. The second-order valence-electron chi connectivity index (χ2n) is 6.54. The van der Waals surface area contributed by atoms with Gasteiger partial charge < -0.3 is 4.90 Å². The lowest BCUT2D eigenvalue weighted by Gasteiger charge is -2.23. The van der Waals surface area contributed by atoms with Gasteiger partial charge in [0.2, 0.25) is 10.0 Å². The van der Waals surface area contributed by atoms with Crippen molar-refractivity contribution in [1.29, 1.82) is 0 Å². The molecule has 1 fully saturated rings. The minimum absolute atomic E-state index is 0.474. The Balaban J connectivity index is 1.74. The number of hydrogen-bond donors (Lipinski definition) is 0. The fourth-order valence-electron chi connectivity index (χ4n) is 3.38. The van der Waals surface area contributed by atoms with E-state index in [1.54, 1.807) is 22.0 Å². The van der Waals surface area contributed by atoms with E-state index in [4.69, 9.17) is 0 Å². The number of fused-ring (bicyclic) bond motifs is 1. The van der Waals surface area contributed by atoms with Gasteiger partial charge in [-0.25, -0.2) is 22.7 Å². The number of hydrogen-bond acceptors (Lipinski definition) is 6. The molecule has 0 saturated carbocycles. The molecular weight excluding hydrogens is 448 g/mol. The molecule has 0 radical (unpaired) electrons. The van der Waals surface area contributed by atoms with E-state index < -0.39 is 10.0 Å². The van der Waals surface area contributed by atoms with E-state index in [9.17, 15) is 8.42 Å². The first kappa shape index (κ1) is 18.8. The lowest BCUT2D eigenvalue weighted by atomic mass is 10.1. The van der Waals surface area contributed by atoms with Crippen molar-refractivity contribution in [2.75, 3.05) is 37.3 Å². The van der Waals surface area contributed by atoms with Gasteiger partial charge in [-0.15, -0.1) is 11.3 Å². The van der Waals surface area contributed by atoms with Gasteiger partial charge in [-0.1, -0.05) is 28.1 Å². The zero-order chi connectivity index (χ0) is 19.0. The van der Waals surface area contributed by atoms with Gasteiger partial charge in [0, 0.05) is 41.6 Å². The Morgan fingerprint density at radius 2 is 1.85 bits per heavy atom. The van der Waals surface area contributed by atoms with Gasteiger partial charge in [0.05, 0.1) is 11.6 Å². The Labute approximate surface area is 171 Å². The molecule has 0 bridgehead atoms. The van der Waals surface area contributed by atoms with E-state index in [0.29, 0.717) is 19.6 Å². The second-order valence-corrected chi connectivity index (χ2v) is 10.3. The Hall–Kier alpha value is -1.55. The van der Waals surface area contributed by atoms with Crippen LogP contribution in [0.3, 0.4) is 0 Å². The molecule has 0 aliphatic carbocycles. The maximum absolute atomic E-state index is 11.9. The molecule has 1 saturated heterocycles. The molecule has 3 aromatic rings. The number of rotatable bonds is 3. The fraction of sp³-hybridized carbons (Fsp3) is 0.333. The third-order valence-electron chi connectivity index (χ3n) is 4.73. The molecule has 0 unspecified atom stereocenters. The molecule has 4 rings (SSSR count). The summed E-state index contributed by atoms with van der Waals surface area (Å²) >= 11 is 5.09. The molecule has 0 atom stereocenters. The van der Waals surface area contributed by atoms with Gasteiger partial charge in [0.15, 0.2) is 0 Å². The molecule has 142 valence electrons. The summed E-state index contributed by atoms with van der Waals surface area (Å²) in [5, 5.41) is 3.16. The normalized spacial score (nSPS) is 16.6. The Kier molecular flexibility index (Phi) is 5.19. The Bertz CT molecular complexity index is 1070. The lowest BCUT2D eigenvalue weighted by molar-refractivity contribution is 0.437. The molecule has 6 nitrogen and oxygen atoms in total. The minimum atomic E-state index is -3.17. The largest absolute Gasteiger partial charge is 0.355 e. The monoisotopic (exact) mass is 466 g/mol. The van der Waals surface area contributed by atoms with Crippen LogP contribution in [0.2, 0.25) is 0 Å². The summed E-state index contributed by atoms with van der Waals surface area (Å²) in [6.45, 7) is 2.41. The number of aromatic nitrogens is 2. The Morgan fingerprint density at radius 1 is 1.07 bits per heavy atom. The number of nitrogens with zero attached hydrogens (tertiary/aromatic N) is 4. The number of thiophene rings is 1. The van der Waals surface area contributed by atoms with E-state index in [1.807, 2.05) is 12.1 Å². The standard InChI is InChI=1S/C18H19BrN4O2S2/c1-27(24,25)23-8-2-7-22(9-10-23)17-16-15(11-26-18(16)21-12-20-17)13-3-5-14(19)6-4-13/h3-6,11-12H,2,7-10H2,1H3. The number of halogens is 1. The number of benzene rings is 1. The Morgan fingerprint density at radius 3 is 2.59 bits per heavy atom. The maximum atomic E-state index is 11.9. The van der Waals surface area contributed by atoms with Gasteiger partial charge in [0.1, 0.15) is 17.0 Å². The van der Waals surface area contributed by atoms with Crippen LogP contribution in [0.25, 0.3) is 21.3 Å². The van der Waals surface area contributed by atoms with Gasteiger partial charge in [-0.05, 0) is 24.1 Å². The number of anilines is 1. The van der Waals surface area contributed by atoms with Crippen LogP contribution >= 0.6 is 27.3 Å². The van der Waals surface area contributed by atoms with E-state index >= 15 is 0 Å². The molecule has 27 heavy (non-hydrogen) atoms. The second kappa shape index (κ2) is 7.46. The van der Waals surface area contributed by atoms with Crippen molar-refractivity contribution >= 4 is 53.3 Å². The smallest absolute Gasteiger partial charge is 0.211 e. The summed E-state index contributed by atoms with van der Waals surface area (Å²) in [7, 11) is -3.17. The van der Waals surface area contributed by atoms with Crippen LogP contribution in [0, 0.1) is 0 Å². The zero-order valence-corrected chi connectivity index (χ0v) is 18.0. The highest BCUT2D eigenvalue weighted by molar-refractivity contribution is 9.10. The van der Waals surface area contributed by atoms with Gasteiger partial charge >= 0.3 is 0 Å². The van der Waals surface area contributed by atoms with Crippen molar-refractivity contribution in [3.8, 4) is 11.1 Å². The van der Waals surface area contributed by atoms with E-state index in [-0.39, 0.29) is 0 Å². The molecule has 1 aromatic carbocycles. The summed E-state index contributed by atoms with van der Waals surface area (Å²) in [5.74, 6) is 0.884. The maximum Gasteiger partial charge on any atom is 0.211 e. The van der Waals surface area contributed by atoms with Crippen molar-refractivity contribution in [1.82, 2.24) is 14.3 Å². The highest BCUT2D eigenvalue weighted by atomic mass is 79.9. The van der Waals surface area contributed by atoms with Crippen molar-refractivity contribution in [2.24, 2.45) is 0 Å². The highest BCUT2D eigenvalue weighted by Crippen LogP contribution is 2.38. The molecule has 2 aromatic heterocycles. The van der Waals surface area contributed by atoms with Crippen LogP contribution in [-0.2, 0) is 10.0 Å². The molecule has 1 aliphatic heterocycles. The van der Waals surface area contributed by atoms with Crippen LogP contribution in [-0.4, -0.2) is 55.1 Å². The van der Waals surface area contributed by atoms with Gasteiger partial charge in [-0.3, -0.25) is 0 Å². The molecule has 3 heterocycles. The SMILES string of the molecule is CS(=O)(=O)N1CCCN(c2ncnc3scc(-c4ccc(Br)cc4)c23)CC1. The number of sulfonamides is 1. The van der Waals surface area contributed by atoms with Crippen molar-refractivity contribution in [3.63, 3.8) is 0 Å². The quantitative estimate of drug-likeness (QED) is 0.589. The van der Waals surface area contributed by atoms with Crippen LogP contribution < -0.4 is 4.90 Å². The predicted molar refractivity (Wildman–Crippen MR) is 114 cm³/mol. The van der Waals surface area contributed by atoms with Crippen molar-refractivity contribution in [2.45, 2.75) is 6.42 Å². The van der Waals surface area contributed by atoms with Crippen LogP contribution in [0.5, 0.6) is 0 Å². The van der Waals surface area contributed by atoms with Crippen LogP contribution in [0.15, 0.2) is 40.4 Å². The highest BCUT2D eigenvalue weighted by Gasteiger charge is 2.24. The molecule has 0 amide bonds. The third-order valence-corrected chi connectivity index (χ3v) is 7.45. The summed E-state index contributed by atoms with van der Waals surface area (Å²) < 4.78 is 26.4. The van der Waals surface area contributed by atoms with Crippen LogP contribution in [0.4, 0.5) is 5.82 Å². The van der Waals surface area contributed by atoms with Crippen LogP contribution in [0.1, 0.15) is 6.42 Å². The first-order valence-corrected chi connectivity index (χ1v) is 12.1. The predicted octanol–water partition coefficient (Wildman–Crippen LogP) is 3.59.